The number of allylic oxidation sites excluding steroid dienone is 3. The minimum absolute atomic E-state index is 0.422. The lowest BCUT2D eigenvalue weighted by Crippen LogP contribution is -2.01. The van der Waals surface area contributed by atoms with Crippen LogP contribution in [0.5, 0.6) is 5.75 Å². The van der Waals surface area contributed by atoms with Gasteiger partial charge in [-0.1, -0.05) is 13.0 Å². The Balaban J connectivity index is 1.76. The number of pyridine rings is 1. The van der Waals surface area contributed by atoms with Crippen molar-refractivity contribution in [3.05, 3.63) is 48.5 Å². The molecule has 2 unspecified atom stereocenters. The van der Waals surface area contributed by atoms with Crippen LogP contribution in [0.4, 0.5) is 0 Å². The van der Waals surface area contributed by atoms with Gasteiger partial charge in [-0.25, -0.2) is 0 Å². The molecular formula is C13H13NO. The average molecular weight is 199 g/mol. The van der Waals surface area contributed by atoms with E-state index in [9.17, 15) is 0 Å². The molecule has 0 aliphatic heterocycles. The molecule has 0 N–H and O–H groups in total. The number of rotatable bonds is 2. The molecule has 1 fully saturated rings. The number of hydrogen-bond donors (Lipinski definition) is 0. The molecule has 0 aromatic carbocycles. The molecule has 0 amide bonds. The van der Waals surface area contributed by atoms with E-state index in [2.05, 4.69) is 30.1 Å². The summed E-state index contributed by atoms with van der Waals surface area (Å²) in [6.45, 7) is 2.29. The van der Waals surface area contributed by atoms with E-state index in [0.29, 0.717) is 11.3 Å². The Labute approximate surface area is 89.3 Å². The zero-order valence-electron chi connectivity index (χ0n) is 8.68. The van der Waals surface area contributed by atoms with E-state index in [-0.39, 0.29) is 0 Å². The fraction of sp³-hybridized carbons (Fsp3) is 0.308. The van der Waals surface area contributed by atoms with Crippen LogP contribution in [0.2, 0.25) is 0 Å². The van der Waals surface area contributed by atoms with Crippen LogP contribution < -0.4 is 4.74 Å². The molecular weight excluding hydrogens is 186 g/mol. The number of ether oxygens (including phenoxy) is 1. The van der Waals surface area contributed by atoms with E-state index in [0.717, 1.165) is 11.5 Å². The van der Waals surface area contributed by atoms with Gasteiger partial charge in [0.2, 0.25) is 0 Å². The van der Waals surface area contributed by atoms with E-state index in [4.69, 9.17) is 4.74 Å². The Morgan fingerprint density at radius 2 is 2.20 bits per heavy atom. The minimum Gasteiger partial charge on any atom is -0.458 e. The summed E-state index contributed by atoms with van der Waals surface area (Å²) in [5, 5.41) is 0. The van der Waals surface area contributed by atoms with Crippen molar-refractivity contribution in [1.29, 1.82) is 0 Å². The Kier molecular flexibility index (Phi) is 1.72. The summed E-state index contributed by atoms with van der Waals surface area (Å²) in [6, 6.07) is 3.74. The molecule has 15 heavy (non-hydrogen) atoms. The summed E-state index contributed by atoms with van der Waals surface area (Å²) in [5.41, 5.74) is 0.422. The Bertz CT molecular complexity index is 435. The van der Waals surface area contributed by atoms with Crippen LogP contribution in [0.1, 0.15) is 13.3 Å². The van der Waals surface area contributed by atoms with Crippen molar-refractivity contribution in [3.63, 3.8) is 0 Å². The fourth-order valence-electron chi connectivity index (χ4n) is 1.99. The van der Waals surface area contributed by atoms with Crippen molar-refractivity contribution in [2.75, 3.05) is 0 Å². The molecule has 1 heterocycles. The maximum atomic E-state index is 5.73. The third-order valence-electron chi connectivity index (χ3n) is 3.23. The molecule has 2 aliphatic carbocycles. The van der Waals surface area contributed by atoms with Gasteiger partial charge in [-0.3, -0.25) is 4.98 Å². The van der Waals surface area contributed by atoms with Gasteiger partial charge in [-0.05, 0) is 42.0 Å². The van der Waals surface area contributed by atoms with Crippen molar-refractivity contribution in [1.82, 2.24) is 4.98 Å². The number of nitrogens with zero attached hydrogens (tertiary/aromatic N) is 1. The van der Waals surface area contributed by atoms with Gasteiger partial charge in [0.25, 0.3) is 0 Å². The number of aromatic nitrogens is 1. The lowest BCUT2D eigenvalue weighted by molar-refractivity contribution is 0.433. The summed E-state index contributed by atoms with van der Waals surface area (Å²) >= 11 is 0. The molecule has 2 nitrogen and oxygen atoms in total. The van der Waals surface area contributed by atoms with Crippen molar-refractivity contribution in [3.8, 4) is 5.75 Å². The van der Waals surface area contributed by atoms with Gasteiger partial charge in [0.15, 0.2) is 0 Å². The standard InChI is InChI=1S/C13H13NO/c1-13-5-2-12(8-10(13)9-13)15-11-3-6-14-7-4-11/h2-8,10H,9H2,1H3. The fourth-order valence-corrected chi connectivity index (χ4v) is 1.99. The summed E-state index contributed by atoms with van der Waals surface area (Å²) in [5.74, 6) is 2.49. The van der Waals surface area contributed by atoms with Crippen LogP contribution in [-0.2, 0) is 0 Å². The molecule has 2 aliphatic rings. The van der Waals surface area contributed by atoms with Crippen LogP contribution in [0.25, 0.3) is 0 Å². The molecule has 1 saturated carbocycles. The first-order valence-corrected chi connectivity index (χ1v) is 5.25. The second kappa shape index (κ2) is 2.96. The number of fused-ring (bicyclic) bond motifs is 1. The average Bonchev–Trinajstić information content (AvgIpc) is 2.91. The highest BCUT2D eigenvalue weighted by Crippen LogP contribution is 2.56. The van der Waals surface area contributed by atoms with Crippen LogP contribution in [0, 0.1) is 11.3 Å². The van der Waals surface area contributed by atoms with Gasteiger partial charge in [-0.15, -0.1) is 0 Å². The maximum Gasteiger partial charge on any atom is 0.130 e. The SMILES string of the molecule is CC12C=CC(Oc3ccncc3)=CC1C2. The van der Waals surface area contributed by atoms with E-state index >= 15 is 0 Å². The molecule has 76 valence electrons. The molecule has 0 saturated heterocycles. The van der Waals surface area contributed by atoms with Crippen LogP contribution in [-0.4, -0.2) is 4.98 Å². The van der Waals surface area contributed by atoms with Crippen LogP contribution >= 0.6 is 0 Å². The van der Waals surface area contributed by atoms with Gasteiger partial charge < -0.3 is 4.74 Å². The van der Waals surface area contributed by atoms with Gasteiger partial charge >= 0.3 is 0 Å². The number of hydrogen-bond acceptors (Lipinski definition) is 2. The van der Waals surface area contributed by atoms with Crippen molar-refractivity contribution in [2.24, 2.45) is 11.3 Å². The normalized spacial score (nSPS) is 31.8. The molecule has 0 spiro atoms. The van der Waals surface area contributed by atoms with Crippen LogP contribution in [0.3, 0.4) is 0 Å². The van der Waals surface area contributed by atoms with Crippen LogP contribution in [0.15, 0.2) is 48.5 Å². The quantitative estimate of drug-likeness (QED) is 0.730. The van der Waals surface area contributed by atoms with Crippen molar-refractivity contribution in [2.45, 2.75) is 13.3 Å². The van der Waals surface area contributed by atoms with Gasteiger partial charge in [0.05, 0.1) is 0 Å². The predicted molar refractivity (Wildman–Crippen MR) is 58.3 cm³/mol. The molecule has 0 radical (unpaired) electrons. The monoisotopic (exact) mass is 199 g/mol. The van der Waals surface area contributed by atoms with Crippen molar-refractivity contribution >= 4 is 0 Å². The van der Waals surface area contributed by atoms with Gasteiger partial charge in [0, 0.05) is 12.4 Å². The summed E-state index contributed by atoms with van der Waals surface area (Å²) in [4.78, 5) is 3.96. The highest BCUT2D eigenvalue weighted by atomic mass is 16.5. The predicted octanol–water partition coefficient (Wildman–Crippen LogP) is 2.94. The zero-order valence-corrected chi connectivity index (χ0v) is 8.68. The summed E-state index contributed by atoms with van der Waals surface area (Å²) in [6.07, 6.45) is 11.3. The Hall–Kier alpha value is -1.57. The highest BCUT2D eigenvalue weighted by Gasteiger charge is 2.48. The lowest BCUT2D eigenvalue weighted by Gasteiger charge is -2.12. The van der Waals surface area contributed by atoms with E-state index in [1.165, 1.54) is 6.42 Å². The first-order chi connectivity index (χ1) is 7.26. The third kappa shape index (κ3) is 1.56. The van der Waals surface area contributed by atoms with Crippen molar-refractivity contribution < 1.29 is 4.74 Å². The first kappa shape index (κ1) is 8.72. The smallest absolute Gasteiger partial charge is 0.130 e. The molecule has 0 bridgehead atoms. The van der Waals surface area contributed by atoms with Gasteiger partial charge in [-0.2, -0.15) is 0 Å². The largest absolute Gasteiger partial charge is 0.458 e. The summed E-state index contributed by atoms with van der Waals surface area (Å²) < 4.78 is 5.73. The summed E-state index contributed by atoms with van der Waals surface area (Å²) in [7, 11) is 0. The van der Waals surface area contributed by atoms with E-state index in [1.807, 2.05) is 12.1 Å². The van der Waals surface area contributed by atoms with Gasteiger partial charge in [0.1, 0.15) is 11.5 Å². The first-order valence-electron chi connectivity index (χ1n) is 5.25. The Morgan fingerprint density at radius 3 is 2.93 bits per heavy atom. The topological polar surface area (TPSA) is 22.1 Å². The minimum atomic E-state index is 0.422. The lowest BCUT2D eigenvalue weighted by atomic mass is 10.0. The highest BCUT2D eigenvalue weighted by molar-refractivity contribution is 5.34. The second-order valence-corrected chi connectivity index (χ2v) is 4.50. The zero-order chi connectivity index (χ0) is 10.3. The Morgan fingerprint density at radius 1 is 1.40 bits per heavy atom. The molecule has 1 aromatic rings. The van der Waals surface area contributed by atoms with E-state index < -0.39 is 0 Å². The molecule has 2 atom stereocenters. The third-order valence-corrected chi connectivity index (χ3v) is 3.23. The maximum absolute atomic E-state index is 5.73. The molecule has 3 rings (SSSR count). The van der Waals surface area contributed by atoms with E-state index in [1.54, 1.807) is 12.4 Å². The molecule has 1 aromatic heterocycles. The second-order valence-electron chi connectivity index (χ2n) is 4.50. The molecule has 2 heteroatoms.